The SMILES string of the molecule is C=C=C=C(N1C(=CC(=Cc2oc3c4ccccc4ccc3[n+]2CS(=O)(=O)[O-])CC)Oc2cc3c(cc21)oc1ccccc13)S(=O)(=O)[O-].[K+]. The third kappa shape index (κ3) is 6.25. The van der Waals surface area contributed by atoms with Crippen molar-refractivity contribution in [1.82, 2.24) is 0 Å². The normalized spacial score (nSPS) is 14.3. The molecule has 11 nitrogen and oxygen atoms in total. The van der Waals surface area contributed by atoms with Gasteiger partial charge in [-0.15, -0.1) is 4.57 Å². The molecule has 236 valence electrons. The van der Waals surface area contributed by atoms with Crippen LogP contribution in [0.5, 0.6) is 5.75 Å². The summed E-state index contributed by atoms with van der Waals surface area (Å²) in [5, 5.41) is 2.25. The molecule has 4 aromatic carbocycles. The van der Waals surface area contributed by atoms with E-state index in [1.54, 1.807) is 37.3 Å². The quantitative estimate of drug-likeness (QED) is 0.105. The summed E-state index contributed by atoms with van der Waals surface area (Å²) in [6.07, 6.45) is 3.32. The van der Waals surface area contributed by atoms with Crippen LogP contribution in [0.1, 0.15) is 19.2 Å². The molecule has 0 atom stereocenters. The number of para-hydroxylation sites is 1. The van der Waals surface area contributed by atoms with Gasteiger partial charge < -0.3 is 22.7 Å². The maximum atomic E-state index is 12.5. The molecular weight excluding hydrogens is 684 g/mol. The van der Waals surface area contributed by atoms with Gasteiger partial charge in [-0.1, -0.05) is 55.1 Å². The maximum Gasteiger partial charge on any atom is 1.00 e. The predicted octanol–water partition coefficient (Wildman–Crippen LogP) is 3.14. The number of nitrogens with zero attached hydrogens (tertiary/aromatic N) is 2. The number of hydrogen-bond donors (Lipinski definition) is 0. The first-order chi connectivity index (χ1) is 22.4. The monoisotopic (exact) mass is 706 g/mol. The number of oxazole rings is 1. The van der Waals surface area contributed by atoms with Gasteiger partial charge in [0.25, 0.3) is 5.52 Å². The summed E-state index contributed by atoms with van der Waals surface area (Å²) >= 11 is 0. The molecule has 0 saturated carbocycles. The summed E-state index contributed by atoms with van der Waals surface area (Å²) in [5.74, 6) is -0.689. The molecule has 0 radical (unpaired) electrons. The number of allylic oxidation sites excluding steroid dienone is 2. The van der Waals surface area contributed by atoms with Crippen LogP contribution >= 0.6 is 0 Å². The Labute approximate surface area is 317 Å². The molecule has 0 aliphatic carbocycles. The fourth-order valence-corrected chi connectivity index (χ4v) is 6.87. The largest absolute Gasteiger partial charge is 1.00 e. The van der Waals surface area contributed by atoms with Crippen molar-refractivity contribution >= 4 is 75.8 Å². The van der Waals surface area contributed by atoms with Gasteiger partial charge in [-0.3, -0.25) is 4.90 Å². The minimum Gasteiger partial charge on any atom is -0.743 e. The van der Waals surface area contributed by atoms with Crippen LogP contribution in [0.2, 0.25) is 0 Å². The Kier molecular flexibility index (Phi) is 9.20. The van der Waals surface area contributed by atoms with Crippen molar-refractivity contribution in [2.24, 2.45) is 0 Å². The van der Waals surface area contributed by atoms with Crippen molar-refractivity contribution < 1.29 is 95.5 Å². The average molecular weight is 707 g/mol. The van der Waals surface area contributed by atoms with Crippen molar-refractivity contribution in [3.63, 3.8) is 0 Å². The van der Waals surface area contributed by atoms with Gasteiger partial charge in [-0.2, -0.15) is 0 Å². The molecule has 0 fully saturated rings. The molecule has 1 aliphatic heterocycles. The standard InChI is InChI=1S/C34H24N2O9S2.K/c1-3-9-33(47(40,41)42)36-27-19-29-25(24-12-7-8-13-28(24)43-29)18-30(27)44-32(36)17-21(4-2)16-31-35(20-46(37,38)39)26-15-14-22-10-5-6-11-23(22)34(26)45-31;/h5-8,10-19H,1,4,20H2,2H3,(H-,37,38,39,40,41,42);/q;+1/p-1. The fourth-order valence-electron chi connectivity index (χ4n) is 5.67. The number of ether oxygens (including phenoxy) is 1. The second-order valence-corrected chi connectivity index (χ2v) is 13.3. The summed E-state index contributed by atoms with van der Waals surface area (Å²) in [4.78, 5) is 1.08. The summed E-state index contributed by atoms with van der Waals surface area (Å²) in [7, 11) is -9.89. The van der Waals surface area contributed by atoms with E-state index in [4.69, 9.17) is 13.6 Å². The molecule has 0 unspecified atom stereocenters. The van der Waals surface area contributed by atoms with E-state index < -0.39 is 31.1 Å². The molecule has 0 bridgehead atoms. The zero-order valence-corrected chi connectivity index (χ0v) is 30.3. The minimum absolute atomic E-state index is 0. The maximum absolute atomic E-state index is 12.5. The molecular formula is C34H23KN2O9S2. The van der Waals surface area contributed by atoms with Crippen molar-refractivity contribution in [3.05, 3.63) is 119 Å². The van der Waals surface area contributed by atoms with Crippen molar-refractivity contribution in [1.29, 1.82) is 0 Å². The van der Waals surface area contributed by atoms with Gasteiger partial charge in [0.15, 0.2) is 20.9 Å². The van der Waals surface area contributed by atoms with Gasteiger partial charge in [0, 0.05) is 34.4 Å². The van der Waals surface area contributed by atoms with Gasteiger partial charge in [-0.05, 0) is 47.9 Å². The smallest absolute Gasteiger partial charge is 0.743 e. The van der Waals surface area contributed by atoms with Gasteiger partial charge in [0.1, 0.15) is 21.3 Å². The second-order valence-electron chi connectivity index (χ2n) is 10.7. The van der Waals surface area contributed by atoms with Crippen LogP contribution in [0.25, 0.3) is 49.9 Å². The van der Waals surface area contributed by atoms with Gasteiger partial charge in [0.05, 0.1) is 11.8 Å². The summed E-state index contributed by atoms with van der Waals surface area (Å²) in [5.41, 5.74) is 7.00. The Hall–Kier alpha value is -3.75. The third-order valence-electron chi connectivity index (χ3n) is 7.70. The number of anilines is 1. The van der Waals surface area contributed by atoms with E-state index in [2.05, 4.69) is 18.0 Å². The Balaban J connectivity index is 0.00000401. The number of rotatable bonds is 7. The number of benzene rings is 4. The van der Waals surface area contributed by atoms with Gasteiger partial charge in [0.2, 0.25) is 17.3 Å². The van der Waals surface area contributed by atoms with E-state index in [0.29, 0.717) is 45.0 Å². The Morgan fingerprint density at radius 2 is 1.67 bits per heavy atom. The Bertz CT molecular complexity index is 2680. The van der Waals surface area contributed by atoms with Crippen LogP contribution in [0.4, 0.5) is 5.69 Å². The molecule has 2 aromatic heterocycles. The van der Waals surface area contributed by atoms with E-state index in [9.17, 15) is 25.9 Å². The zero-order chi connectivity index (χ0) is 33.1. The molecule has 1 aliphatic rings. The first kappa shape index (κ1) is 34.1. The molecule has 0 amide bonds. The third-order valence-corrected chi connectivity index (χ3v) is 9.04. The van der Waals surface area contributed by atoms with Crippen LogP contribution in [0, 0.1) is 0 Å². The average Bonchev–Trinajstić information content (AvgIpc) is 3.67. The molecule has 0 spiro atoms. The van der Waals surface area contributed by atoms with Gasteiger partial charge in [-0.25, -0.2) is 16.8 Å². The summed E-state index contributed by atoms with van der Waals surface area (Å²) in [6.45, 7) is 5.19. The molecule has 0 N–H and O–H groups in total. The second kappa shape index (κ2) is 12.9. The van der Waals surface area contributed by atoms with Crippen molar-refractivity contribution in [3.8, 4) is 5.75 Å². The van der Waals surface area contributed by atoms with E-state index in [0.717, 1.165) is 15.7 Å². The number of furan rings is 1. The Morgan fingerprint density at radius 3 is 2.38 bits per heavy atom. The van der Waals surface area contributed by atoms with E-state index >= 15 is 0 Å². The van der Waals surface area contributed by atoms with E-state index in [1.807, 2.05) is 42.5 Å². The number of aromatic nitrogens is 1. The summed E-state index contributed by atoms with van der Waals surface area (Å²) in [6, 6.07) is 21.4. The van der Waals surface area contributed by atoms with Crippen LogP contribution in [0.15, 0.2) is 122 Å². The number of hydrogen-bond acceptors (Lipinski definition) is 10. The fraction of sp³-hybridized carbons (Fsp3) is 0.0882. The van der Waals surface area contributed by atoms with E-state index in [1.165, 1.54) is 16.7 Å². The zero-order valence-electron chi connectivity index (χ0n) is 25.6. The molecule has 6 aromatic rings. The molecule has 14 heteroatoms. The summed E-state index contributed by atoms with van der Waals surface area (Å²) < 4.78 is 93.0. The van der Waals surface area contributed by atoms with E-state index in [-0.39, 0.29) is 74.6 Å². The van der Waals surface area contributed by atoms with Crippen molar-refractivity contribution in [2.75, 3.05) is 4.90 Å². The van der Waals surface area contributed by atoms with Crippen LogP contribution in [-0.4, -0.2) is 25.9 Å². The van der Waals surface area contributed by atoms with Crippen LogP contribution < -0.4 is 65.6 Å². The number of fused-ring (bicyclic) bond motifs is 7. The minimum atomic E-state index is -5.15. The van der Waals surface area contributed by atoms with Gasteiger partial charge >= 0.3 is 57.3 Å². The Morgan fingerprint density at radius 1 is 0.938 bits per heavy atom. The predicted molar refractivity (Wildman–Crippen MR) is 173 cm³/mol. The van der Waals surface area contributed by atoms with Crippen LogP contribution in [0.3, 0.4) is 0 Å². The molecule has 48 heavy (non-hydrogen) atoms. The first-order valence-electron chi connectivity index (χ1n) is 14.2. The van der Waals surface area contributed by atoms with Crippen molar-refractivity contribution in [2.45, 2.75) is 19.2 Å². The molecule has 0 saturated heterocycles. The first-order valence-corrected chi connectivity index (χ1v) is 17.2. The molecule has 3 heterocycles. The molecule has 7 rings (SSSR count). The topological polar surface area (TPSA) is 157 Å². The van der Waals surface area contributed by atoms with Crippen LogP contribution in [-0.2, 0) is 26.1 Å².